The lowest BCUT2D eigenvalue weighted by molar-refractivity contribution is 0.0925. The van der Waals surface area contributed by atoms with Gasteiger partial charge in [-0.15, -0.1) is 0 Å². The van der Waals surface area contributed by atoms with Gasteiger partial charge in [-0.2, -0.15) is 0 Å². The fourth-order valence-electron chi connectivity index (χ4n) is 1.84. The van der Waals surface area contributed by atoms with Crippen molar-refractivity contribution in [2.75, 3.05) is 5.73 Å². The molecular formula is C13H14F2N4O. The number of carbonyl (C=O) groups is 1. The van der Waals surface area contributed by atoms with E-state index in [0.29, 0.717) is 12.2 Å². The summed E-state index contributed by atoms with van der Waals surface area (Å²) in [5.74, 6) is -2.36. The molecule has 106 valence electrons. The summed E-state index contributed by atoms with van der Waals surface area (Å²) in [4.78, 5) is 18.9. The number of benzene rings is 1. The number of hydrogen-bond acceptors (Lipinski definition) is 3. The third-order valence-corrected chi connectivity index (χ3v) is 2.91. The lowest BCUT2D eigenvalue weighted by Crippen LogP contribution is -2.30. The topological polar surface area (TPSA) is 83.8 Å². The van der Waals surface area contributed by atoms with Crippen LogP contribution in [0.1, 0.15) is 35.6 Å². The van der Waals surface area contributed by atoms with Gasteiger partial charge in [0.25, 0.3) is 5.91 Å². The van der Waals surface area contributed by atoms with E-state index in [1.807, 2.05) is 6.92 Å². The minimum atomic E-state index is -1.06. The van der Waals surface area contributed by atoms with Gasteiger partial charge in [0.2, 0.25) is 0 Å². The first-order valence-corrected chi connectivity index (χ1v) is 6.08. The van der Waals surface area contributed by atoms with Crippen molar-refractivity contribution < 1.29 is 13.6 Å². The SMILES string of the molecule is CCC(NC(=O)c1c(F)ccc(N)c1F)c1ncc[nH]1. The summed E-state index contributed by atoms with van der Waals surface area (Å²) < 4.78 is 27.4. The van der Waals surface area contributed by atoms with E-state index in [0.717, 1.165) is 12.1 Å². The molecule has 0 aliphatic rings. The van der Waals surface area contributed by atoms with Crippen LogP contribution in [0, 0.1) is 11.6 Å². The third kappa shape index (κ3) is 2.61. The average Bonchev–Trinajstić information content (AvgIpc) is 2.94. The van der Waals surface area contributed by atoms with Gasteiger partial charge >= 0.3 is 0 Å². The van der Waals surface area contributed by atoms with Crippen LogP contribution in [0.5, 0.6) is 0 Å². The number of rotatable bonds is 4. The fraction of sp³-hybridized carbons (Fsp3) is 0.231. The summed E-state index contributed by atoms with van der Waals surface area (Å²) in [6.07, 6.45) is 3.66. The van der Waals surface area contributed by atoms with Gasteiger partial charge in [0.15, 0.2) is 5.82 Å². The maximum atomic E-state index is 13.8. The molecule has 1 aromatic heterocycles. The Bertz CT molecular complexity index is 613. The first-order valence-electron chi connectivity index (χ1n) is 6.08. The number of halogens is 2. The summed E-state index contributed by atoms with van der Waals surface area (Å²) in [5.41, 5.74) is 4.38. The van der Waals surface area contributed by atoms with E-state index in [2.05, 4.69) is 15.3 Å². The van der Waals surface area contributed by atoms with Crippen molar-refractivity contribution >= 4 is 11.6 Å². The highest BCUT2D eigenvalue weighted by atomic mass is 19.1. The van der Waals surface area contributed by atoms with Crippen molar-refractivity contribution in [3.63, 3.8) is 0 Å². The lowest BCUT2D eigenvalue weighted by Gasteiger charge is -2.15. The fourth-order valence-corrected chi connectivity index (χ4v) is 1.84. The van der Waals surface area contributed by atoms with Crippen LogP contribution in [-0.4, -0.2) is 15.9 Å². The minimum Gasteiger partial charge on any atom is -0.396 e. The predicted octanol–water partition coefficient (Wildman–Crippen LogP) is 2.15. The van der Waals surface area contributed by atoms with E-state index < -0.39 is 29.1 Å². The summed E-state index contributed by atoms with van der Waals surface area (Å²) in [5, 5.41) is 2.53. The second-order valence-electron chi connectivity index (χ2n) is 4.23. The first kappa shape index (κ1) is 14.0. The van der Waals surface area contributed by atoms with E-state index in [9.17, 15) is 13.6 Å². The van der Waals surface area contributed by atoms with Crippen LogP contribution < -0.4 is 11.1 Å². The Balaban J connectivity index is 2.26. The smallest absolute Gasteiger partial charge is 0.257 e. The highest BCUT2D eigenvalue weighted by Crippen LogP contribution is 2.20. The molecule has 1 atom stereocenters. The first-order chi connectivity index (χ1) is 9.54. The molecule has 0 fully saturated rings. The van der Waals surface area contributed by atoms with Gasteiger partial charge in [0.1, 0.15) is 17.2 Å². The Labute approximate surface area is 114 Å². The maximum Gasteiger partial charge on any atom is 0.257 e. The van der Waals surface area contributed by atoms with Gasteiger partial charge in [-0.1, -0.05) is 6.92 Å². The molecule has 2 rings (SSSR count). The molecule has 1 aromatic carbocycles. The van der Waals surface area contributed by atoms with Crippen LogP contribution in [0.25, 0.3) is 0 Å². The third-order valence-electron chi connectivity index (χ3n) is 2.91. The summed E-state index contributed by atoms with van der Waals surface area (Å²) >= 11 is 0. The number of nitrogens with two attached hydrogens (primary N) is 1. The number of H-pyrrole nitrogens is 1. The van der Waals surface area contributed by atoms with Gasteiger partial charge in [0, 0.05) is 12.4 Å². The number of nitrogens with one attached hydrogen (secondary N) is 2. The normalized spacial score (nSPS) is 12.2. The minimum absolute atomic E-state index is 0.275. The van der Waals surface area contributed by atoms with Crippen LogP contribution in [0.2, 0.25) is 0 Å². The number of anilines is 1. The van der Waals surface area contributed by atoms with E-state index in [4.69, 9.17) is 5.73 Å². The Morgan fingerprint density at radius 3 is 2.85 bits per heavy atom. The Morgan fingerprint density at radius 2 is 2.25 bits per heavy atom. The van der Waals surface area contributed by atoms with Crippen molar-refractivity contribution in [3.8, 4) is 0 Å². The van der Waals surface area contributed by atoms with Crippen molar-refractivity contribution in [2.45, 2.75) is 19.4 Å². The quantitative estimate of drug-likeness (QED) is 0.750. The van der Waals surface area contributed by atoms with E-state index >= 15 is 0 Å². The molecule has 0 radical (unpaired) electrons. The Hall–Kier alpha value is -2.44. The molecule has 4 N–H and O–H groups in total. The molecule has 5 nitrogen and oxygen atoms in total. The lowest BCUT2D eigenvalue weighted by atomic mass is 10.1. The molecule has 0 aliphatic heterocycles. The number of aromatic amines is 1. The van der Waals surface area contributed by atoms with E-state index in [1.165, 1.54) is 6.20 Å². The molecule has 1 heterocycles. The zero-order valence-corrected chi connectivity index (χ0v) is 10.8. The molecule has 2 aromatic rings. The second kappa shape index (κ2) is 5.68. The zero-order valence-electron chi connectivity index (χ0n) is 10.8. The Morgan fingerprint density at radius 1 is 1.50 bits per heavy atom. The van der Waals surface area contributed by atoms with Gasteiger partial charge in [-0.3, -0.25) is 4.79 Å². The summed E-state index contributed by atoms with van der Waals surface area (Å²) in [6, 6.07) is 1.57. The number of amides is 1. The molecule has 0 aliphatic carbocycles. The largest absolute Gasteiger partial charge is 0.396 e. The zero-order chi connectivity index (χ0) is 14.7. The van der Waals surface area contributed by atoms with Gasteiger partial charge in [-0.25, -0.2) is 13.8 Å². The molecule has 0 spiro atoms. The highest BCUT2D eigenvalue weighted by Gasteiger charge is 2.23. The molecule has 1 amide bonds. The number of imidazole rings is 1. The molecule has 0 saturated heterocycles. The number of nitrogens with zero attached hydrogens (tertiary/aromatic N) is 1. The van der Waals surface area contributed by atoms with E-state index in [1.54, 1.807) is 6.20 Å². The Kier molecular flexibility index (Phi) is 3.97. The van der Waals surface area contributed by atoms with Crippen LogP contribution in [0.4, 0.5) is 14.5 Å². The predicted molar refractivity (Wildman–Crippen MR) is 69.9 cm³/mol. The summed E-state index contributed by atoms with van der Waals surface area (Å²) in [7, 11) is 0. The van der Waals surface area contributed by atoms with Crippen molar-refractivity contribution in [1.82, 2.24) is 15.3 Å². The standard InChI is InChI=1S/C13H14F2N4O/c1-2-9(12-17-5-6-18-12)19-13(20)10-7(14)3-4-8(16)11(10)15/h3-6,9H,2,16H2,1H3,(H,17,18)(H,19,20). The number of carbonyl (C=O) groups excluding carboxylic acids is 1. The van der Waals surface area contributed by atoms with Crippen molar-refractivity contribution in [2.24, 2.45) is 0 Å². The average molecular weight is 280 g/mol. The monoisotopic (exact) mass is 280 g/mol. The van der Waals surface area contributed by atoms with Gasteiger partial charge in [0.05, 0.1) is 11.7 Å². The molecule has 0 bridgehead atoms. The maximum absolute atomic E-state index is 13.8. The molecule has 20 heavy (non-hydrogen) atoms. The molecular weight excluding hydrogens is 266 g/mol. The molecule has 0 saturated carbocycles. The van der Waals surface area contributed by atoms with Gasteiger partial charge < -0.3 is 16.0 Å². The number of hydrogen-bond donors (Lipinski definition) is 3. The van der Waals surface area contributed by atoms with Crippen molar-refractivity contribution in [1.29, 1.82) is 0 Å². The summed E-state index contributed by atoms with van der Waals surface area (Å²) in [6.45, 7) is 1.82. The van der Waals surface area contributed by atoms with Crippen LogP contribution in [0.3, 0.4) is 0 Å². The molecule has 7 heteroatoms. The van der Waals surface area contributed by atoms with Crippen LogP contribution >= 0.6 is 0 Å². The van der Waals surface area contributed by atoms with Crippen LogP contribution in [0.15, 0.2) is 24.5 Å². The van der Waals surface area contributed by atoms with Crippen LogP contribution in [-0.2, 0) is 0 Å². The second-order valence-corrected chi connectivity index (χ2v) is 4.23. The highest BCUT2D eigenvalue weighted by molar-refractivity contribution is 5.95. The molecule has 1 unspecified atom stereocenters. The number of aromatic nitrogens is 2. The van der Waals surface area contributed by atoms with E-state index in [-0.39, 0.29) is 5.69 Å². The van der Waals surface area contributed by atoms with Crippen molar-refractivity contribution in [3.05, 3.63) is 47.5 Å². The van der Waals surface area contributed by atoms with Gasteiger partial charge in [-0.05, 0) is 18.6 Å². The number of nitrogen functional groups attached to an aromatic ring is 1.